The molecule has 15 heavy (non-hydrogen) atoms. The van der Waals surface area contributed by atoms with Gasteiger partial charge in [-0.3, -0.25) is 4.57 Å². The number of unbranched alkanes of at least 4 members (excludes halogenated alkanes) is 1. The third-order valence-electron chi connectivity index (χ3n) is 2.56. The molecule has 1 aromatic carbocycles. The lowest BCUT2D eigenvalue weighted by Crippen LogP contribution is -1.93. The molecule has 0 saturated carbocycles. The van der Waals surface area contributed by atoms with Gasteiger partial charge in [0, 0.05) is 12.3 Å². The van der Waals surface area contributed by atoms with Gasteiger partial charge < -0.3 is 4.89 Å². The summed E-state index contributed by atoms with van der Waals surface area (Å²) in [6, 6.07) is 10.2. The summed E-state index contributed by atoms with van der Waals surface area (Å²) in [6.07, 6.45) is 3.71. The number of hydrogen-bond donors (Lipinski definition) is 1. The Morgan fingerprint density at radius 2 is 1.87 bits per heavy atom. The Hall–Kier alpha value is -0.590. The molecule has 2 nitrogen and oxygen atoms in total. The van der Waals surface area contributed by atoms with E-state index in [0.717, 1.165) is 19.3 Å². The van der Waals surface area contributed by atoms with Gasteiger partial charge in [-0.2, -0.15) is 0 Å². The van der Waals surface area contributed by atoms with E-state index in [2.05, 4.69) is 12.1 Å². The van der Waals surface area contributed by atoms with Crippen LogP contribution in [0.5, 0.6) is 0 Å². The van der Waals surface area contributed by atoms with Gasteiger partial charge in [-0.15, -0.1) is 0 Å². The largest absolute Gasteiger partial charge is 0.344 e. The summed E-state index contributed by atoms with van der Waals surface area (Å²) in [5.41, 5.74) is 1.31. The highest BCUT2D eigenvalue weighted by Crippen LogP contribution is 2.40. The minimum absolute atomic E-state index is 0.401. The lowest BCUT2D eigenvalue weighted by atomic mass is 10.1. The molecule has 0 spiro atoms. The molecular weight excluding hydrogens is 207 g/mol. The lowest BCUT2D eigenvalue weighted by Gasteiger charge is -2.08. The van der Waals surface area contributed by atoms with Gasteiger partial charge in [-0.1, -0.05) is 37.3 Å². The highest BCUT2D eigenvalue weighted by atomic mass is 31.2. The van der Waals surface area contributed by atoms with Crippen LogP contribution in [0.4, 0.5) is 0 Å². The first-order valence-electron chi connectivity index (χ1n) is 5.49. The molecule has 0 aliphatic heterocycles. The quantitative estimate of drug-likeness (QED) is 0.597. The van der Waals surface area contributed by atoms with E-state index in [-0.39, 0.29) is 0 Å². The average Bonchev–Trinajstić information content (AvgIpc) is 2.26. The Bertz CT molecular complexity index is 322. The summed E-state index contributed by atoms with van der Waals surface area (Å²) >= 11 is 0. The zero-order valence-electron chi connectivity index (χ0n) is 9.22. The predicted molar refractivity (Wildman–Crippen MR) is 64.6 cm³/mol. The average molecular weight is 226 g/mol. The molecule has 1 rings (SSSR count). The molecule has 0 aliphatic carbocycles. The van der Waals surface area contributed by atoms with E-state index >= 15 is 0 Å². The molecule has 0 fully saturated rings. The zero-order valence-corrected chi connectivity index (χ0v) is 10.1. The van der Waals surface area contributed by atoms with Crippen LogP contribution in [-0.2, 0) is 11.0 Å². The van der Waals surface area contributed by atoms with Crippen LogP contribution >= 0.6 is 7.37 Å². The van der Waals surface area contributed by atoms with Crippen LogP contribution < -0.4 is 0 Å². The predicted octanol–water partition coefficient (Wildman–Crippen LogP) is 3.30. The van der Waals surface area contributed by atoms with Crippen molar-refractivity contribution >= 4 is 7.37 Å². The maximum atomic E-state index is 11.3. The maximum Gasteiger partial charge on any atom is 0.200 e. The Morgan fingerprint density at radius 1 is 1.20 bits per heavy atom. The Labute approximate surface area is 91.8 Å². The molecule has 3 heteroatoms. The van der Waals surface area contributed by atoms with Crippen molar-refractivity contribution in [3.63, 3.8) is 0 Å². The Morgan fingerprint density at radius 3 is 2.47 bits per heavy atom. The van der Waals surface area contributed by atoms with Gasteiger partial charge in [-0.05, 0) is 24.8 Å². The molecule has 1 aromatic rings. The van der Waals surface area contributed by atoms with Crippen LogP contribution in [0.1, 0.15) is 25.3 Å². The topological polar surface area (TPSA) is 37.3 Å². The van der Waals surface area contributed by atoms with Gasteiger partial charge in [0.1, 0.15) is 0 Å². The molecule has 0 amide bonds. The van der Waals surface area contributed by atoms with Crippen molar-refractivity contribution in [2.24, 2.45) is 0 Å². The third kappa shape index (κ3) is 5.15. The second kappa shape index (κ2) is 6.09. The van der Waals surface area contributed by atoms with Crippen LogP contribution in [0.2, 0.25) is 0 Å². The minimum atomic E-state index is -2.79. The molecule has 0 heterocycles. The molecule has 0 bridgehead atoms. The van der Waals surface area contributed by atoms with Crippen molar-refractivity contribution in [1.29, 1.82) is 0 Å². The number of benzene rings is 1. The van der Waals surface area contributed by atoms with Crippen molar-refractivity contribution in [2.45, 2.75) is 26.2 Å². The second-order valence-electron chi connectivity index (χ2n) is 3.83. The van der Waals surface area contributed by atoms with Crippen molar-refractivity contribution in [2.75, 3.05) is 12.3 Å². The molecular formula is C12H19O2P. The van der Waals surface area contributed by atoms with E-state index in [0.29, 0.717) is 12.3 Å². The van der Waals surface area contributed by atoms with Gasteiger partial charge in [-0.25, -0.2) is 0 Å². The van der Waals surface area contributed by atoms with Crippen LogP contribution in [0.15, 0.2) is 30.3 Å². The van der Waals surface area contributed by atoms with Crippen molar-refractivity contribution < 1.29 is 9.46 Å². The molecule has 0 saturated heterocycles. The monoisotopic (exact) mass is 226 g/mol. The SMILES string of the molecule is CCP(=O)(O)CCCCc1ccccc1. The molecule has 1 unspecified atom stereocenters. The van der Waals surface area contributed by atoms with Crippen LogP contribution in [0.3, 0.4) is 0 Å². The molecule has 1 atom stereocenters. The molecule has 1 N–H and O–H groups in total. The summed E-state index contributed by atoms with van der Waals surface area (Å²) in [5, 5.41) is 0. The molecule has 0 radical (unpaired) electrons. The van der Waals surface area contributed by atoms with E-state index in [1.165, 1.54) is 5.56 Å². The Balaban J connectivity index is 2.21. The highest BCUT2D eigenvalue weighted by molar-refractivity contribution is 7.57. The maximum absolute atomic E-state index is 11.3. The number of aryl methyl sites for hydroxylation is 1. The van der Waals surface area contributed by atoms with Gasteiger partial charge in [0.25, 0.3) is 0 Å². The second-order valence-corrected chi connectivity index (χ2v) is 6.60. The van der Waals surface area contributed by atoms with Gasteiger partial charge in [0.05, 0.1) is 0 Å². The first-order chi connectivity index (χ1) is 7.14. The van der Waals surface area contributed by atoms with E-state index < -0.39 is 7.37 Å². The fourth-order valence-electron chi connectivity index (χ4n) is 1.49. The first-order valence-corrected chi connectivity index (χ1v) is 7.52. The molecule has 0 aromatic heterocycles. The first kappa shape index (κ1) is 12.5. The van der Waals surface area contributed by atoms with Crippen molar-refractivity contribution in [3.05, 3.63) is 35.9 Å². The normalized spacial score (nSPS) is 14.8. The highest BCUT2D eigenvalue weighted by Gasteiger charge is 2.13. The fourth-order valence-corrected chi connectivity index (χ4v) is 2.52. The van der Waals surface area contributed by atoms with E-state index in [1.54, 1.807) is 6.92 Å². The van der Waals surface area contributed by atoms with Crippen molar-refractivity contribution in [1.82, 2.24) is 0 Å². The summed E-state index contributed by atoms with van der Waals surface area (Å²) in [6.45, 7) is 1.78. The zero-order chi connectivity index (χ0) is 11.1. The van der Waals surface area contributed by atoms with E-state index in [1.807, 2.05) is 18.2 Å². The summed E-state index contributed by atoms with van der Waals surface area (Å²) in [5.74, 6) is 0. The van der Waals surface area contributed by atoms with Crippen LogP contribution in [0.25, 0.3) is 0 Å². The van der Waals surface area contributed by atoms with Crippen LogP contribution in [-0.4, -0.2) is 17.2 Å². The number of rotatable bonds is 6. The van der Waals surface area contributed by atoms with E-state index in [9.17, 15) is 9.46 Å². The summed E-state index contributed by atoms with van der Waals surface area (Å²) < 4.78 is 11.3. The van der Waals surface area contributed by atoms with Gasteiger partial charge in [0.2, 0.25) is 0 Å². The van der Waals surface area contributed by atoms with Gasteiger partial charge >= 0.3 is 0 Å². The number of hydrogen-bond acceptors (Lipinski definition) is 1. The standard InChI is InChI=1S/C12H19O2P/c1-2-15(13,14)11-7-6-10-12-8-4-3-5-9-12/h3-5,8-9H,2,6-7,10-11H2,1H3,(H,13,14). The summed E-state index contributed by atoms with van der Waals surface area (Å²) in [4.78, 5) is 9.38. The lowest BCUT2D eigenvalue weighted by molar-refractivity contribution is 0.476. The minimum Gasteiger partial charge on any atom is -0.344 e. The van der Waals surface area contributed by atoms with E-state index in [4.69, 9.17) is 0 Å². The third-order valence-corrected chi connectivity index (χ3v) is 4.56. The fraction of sp³-hybridized carbons (Fsp3) is 0.500. The molecule has 84 valence electrons. The smallest absolute Gasteiger partial charge is 0.200 e. The summed E-state index contributed by atoms with van der Waals surface area (Å²) in [7, 11) is -2.79. The van der Waals surface area contributed by atoms with Crippen molar-refractivity contribution in [3.8, 4) is 0 Å². The van der Waals surface area contributed by atoms with Gasteiger partial charge in [0.15, 0.2) is 7.37 Å². The Kier molecular flexibility index (Phi) is 5.07. The van der Waals surface area contributed by atoms with Crippen LogP contribution in [0, 0.1) is 0 Å². The molecule has 0 aliphatic rings.